The Kier molecular flexibility index (Phi) is 5.34. The monoisotopic (exact) mass is 427 g/mol. The Morgan fingerprint density at radius 2 is 1.97 bits per heavy atom. The molecule has 7 nitrogen and oxygen atoms in total. The summed E-state index contributed by atoms with van der Waals surface area (Å²) in [4.78, 5) is 27.4. The molecule has 0 unspecified atom stereocenters. The number of sulfone groups is 1. The Labute approximate surface area is 173 Å². The van der Waals surface area contributed by atoms with Crippen molar-refractivity contribution in [3.63, 3.8) is 0 Å². The van der Waals surface area contributed by atoms with Gasteiger partial charge in [0.25, 0.3) is 5.91 Å². The first kappa shape index (κ1) is 20.2. The van der Waals surface area contributed by atoms with Gasteiger partial charge in [-0.1, -0.05) is 30.3 Å². The van der Waals surface area contributed by atoms with Gasteiger partial charge in [0.15, 0.2) is 9.84 Å². The van der Waals surface area contributed by atoms with E-state index in [0.717, 1.165) is 5.56 Å². The largest absolute Gasteiger partial charge is 0.497 e. The molecule has 2 heterocycles. The van der Waals surface area contributed by atoms with E-state index in [1.165, 1.54) is 11.0 Å². The van der Waals surface area contributed by atoms with Crippen molar-refractivity contribution in [2.75, 3.05) is 18.6 Å². The molecular formula is C22H21NO6S. The van der Waals surface area contributed by atoms with E-state index in [4.69, 9.17) is 9.15 Å². The molecular weight excluding hydrogens is 406 g/mol. The summed E-state index contributed by atoms with van der Waals surface area (Å²) in [6.45, 7) is 0.155. The molecule has 1 saturated heterocycles. The first-order chi connectivity index (χ1) is 14.4. The van der Waals surface area contributed by atoms with Crippen molar-refractivity contribution >= 4 is 26.7 Å². The van der Waals surface area contributed by atoms with Crippen LogP contribution in [0.5, 0.6) is 5.75 Å². The van der Waals surface area contributed by atoms with Crippen molar-refractivity contribution < 1.29 is 22.4 Å². The number of para-hydroxylation sites is 1. The summed E-state index contributed by atoms with van der Waals surface area (Å²) < 4.78 is 34.7. The number of carbonyl (C=O) groups is 1. The van der Waals surface area contributed by atoms with Crippen LogP contribution in [-0.2, 0) is 16.4 Å². The van der Waals surface area contributed by atoms with Crippen molar-refractivity contribution in [1.29, 1.82) is 0 Å². The van der Waals surface area contributed by atoms with Crippen molar-refractivity contribution in [2.45, 2.75) is 19.0 Å². The molecule has 0 N–H and O–H groups in total. The predicted molar refractivity (Wildman–Crippen MR) is 112 cm³/mol. The predicted octanol–water partition coefficient (Wildman–Crippen LogP) is 2.63. The minimum atomic E-state index is -3.23. The van der Waals surface area contributed by atoms with Crippen molar-refractivity contribution in [2.24, 2.45) is 0 Å². The second-order valence-corrected chi connectivity index (χ2v) is 9.56. The number of amides is 1. The van der Waals surface area contributed by atoms with Gasteiger partial charge in [-0.15, -0.1) is 0 Å². The normalized spacial score (nSPS) is 17.7. The number of carbonyl (C=O) groups excluding carboxylic acids is 1. The summed E-state index contributed by atoms with van der Waals surface area (Å²) in [6.07, 6.45) is 0.330. The summed E-state index contributed by atoms with van der Waals surface area (Å²) in [5, 5.41) is 0.626. The smallest absolute Gasteiger partial charge is 0.349 e. The van der Waals surface area contributed by atoms with Gasteiger partial charge >= 0.3 is 5.63 Å². The lowest BCUT2D eigenvalue weighted by molar-refractivity contribution is 0.0676. The molecule has 8 heteroatoms. The maximum Gasteiger partial charge on any atom is 0.349 e. The SMILES string of the molecule is COc1cccc(CN(C(=O)c2cc3ccccc3oc2=O)[C@H]2CCS(=O)(=O)C2)c1. The van der Waals surface area contributed by atoms with Gasteiger partial charge < -0.3 is 14.1 Å². The van der Waals surface area contributed by atoms with E-state index in [1.807, 2.05) is 6.07 Å². The highest BCUT2D eigenvalue weighted by atomic mass is 32.2. The summed E-state index contributed by atoms with van der Waals surface area (Å²) in [5.41, 5.74) is 0.315. The molecule has 0 aliphatic carbocycles. The molecule has 0 bridgehead atoms. The van der Waals surface area contributed by atoms with Gasteiger partial charge in [-0.3, -0.25) is 4.79 Å². The van der Waals surface area contributed by atoms with Crippen LogP contribution in [0, 0.1) is 0 Å². The molecule has 0 spiro atoms. The third-order valence-electron chi connectivity index (χ3n) is 5.27. The molecule has 0 saturated carbocycles. The van der Waals surface area contributed by atoms with Crippen LogP contribution in [0.4, 0.5) is 0 Å². The number of methoxy groups -OCH3 is 1. The number of nitrogens with zero attached hydrogens (tertiary/aromatic N) is 1. The van der Waals surface area contributed by atoms with Gasteiger partial charge in [0.2, 0.25) is 0 Å². The van der Waals surface area contributed by atoms with Gasteiger partial charge in [0.1, 0.15) is 16.9 Å². The summed E-state index contributed by atoms with van der Waals surface area (Å²) in [5.74, 6) is -0.0170. The number of rotatable bonds is 5. The fraction of sp³-hybridized carbons (Fsp3) is 0.273. The highest BCUT2D eigenvalue weighted by molar-refractivity contribution is 7.91. The number of fused-ring (bicyclic) bond motifs is 1. The van der Waals surface area contributed by atoms with Crippen LogP contribution in [0.3, 0.4) is 0 Å². The third kappa shape index (κ3) is 4.09. The summed E-state index contributed by atoms with van der Waals surface area (Å²) >= 11 is 0. The summed E-state index contributed by atoms with van der Waals surface area (Å²) in [7, 11) is -1.68. The minimum absolute atomic E-state index is 0.0197. The zero-order chi connectivity index (χ0) is 21.3. The maximum atomic E-state index is 13.4. The first-order valence-electron chi connectivity index (χ1n) is 9.53. The van der Waals surface area contributed by atoms with E-state index in [0.29, 0.717) is 23.1 Å². The molecule has 1 aliphatic rings. The molecule has 1 fully saturated rings. The van der Waals surface area contributed by atoms with Crippen LogP contribution in [0.25, 0.3) is 11.0 Å². The first-order valence-corrected chi connectivity index (χ1v) is 11.4. The van der Waals surface area contributed by atoms with Gasteiger partial charge in [-0.2, -0.15) is 0 Å². The molecule has 4 rings (SSSR count). The van der Waals surface area contributed by atoms with E-state index < -0.39 is 27.4 Å². The molecule has 156 valence electrons. The molecule has 2 aromatic carbocycles. The van der Waals surface area contributed by atoms with E-state index in [9.17, 15) is 18.0 Å². The zero-order valence-electron chi connectivity index (χ0n) is 16.4. The maximum absolute atomic E-state index is 13.4. The van der Waals surface area contributed by atoms with E-state index in [1.54, 1.807) is 49.6 Å². The quantitative estimate of drug-likeness (QED) is 0.581. The van der Waals surface area contributed by atoms with E-state index in [-0.39, 0.29) is 23.6 Å². The fourth-order valence-corrected chi connectivity index (χ4v) is 5.45. The Bertz CT molecular complexity index is 1260. The average molecular weight is 427 g/mol. The number of hydrogen-bond acceptors (Lipinski definition) is 6. The Morgan fingerprint density at radius 1 is 1.17 bits per heavy atom. The van der Waals surface area contributed by atoms with E-state index in [2.05, 4.69) is 0 Å². The second kappa shape index (κ2) is 7.95. The number of benzene rings is 2. The standard InChI is InChI=1S/C22H21NO6S/c1-28-18-7-4-5-15(11-18)13-23(17-9-10-30(26,27)14-17)21(24)19-12-16-6-2-3-8-20(16)29-22(19)25/h2-8,11-12,17H,9-10,13-14H2,1H3/t17-/m0/s1. The Morgan fingerprint density at radius 3 is 2.70 bits per heavy atom. The molecule has 0 radical (unpaired) electrons. The van der Waals surface area contributed by atoms with Crippen LogP contribution in [0.2, 0.25) is 0 Å². The van der Waals surface area contributed by atoms with Gasteiger partial charge in [-0.05, 0) is 36.2 Å². The molecule has 1 amide bonds. The minimum Gasteiger partial charge on any atom is -0.497 e. The van der Waals surface area contributed by atoms with Crippen LogP contribution >= 0.6 is 0 Å². The molecule has 1 aliphatic heterocycles. The topological polar surface area (TPSA) is 93.9 Å². The lowest BCUT2D eigenvalue weighted by atomic mass is 10.1. The number of ether oxygens (including phenoxy) is 1. The molecule has 3 aromatic rings. The van der Waals surface area contributed by atoms with Crippen molar-refractivity contribution in [1.82, 2.24) is 4.90 Å². The van der Waals surface area contributed by atoms with E-state index >= 15 is 0 Å². The molecule has 1 atom stereocenters. The average Bonchev–Trinajstić information content (AvgIpc) is 3.10. The lowest BCUT2D eigenvalue weighted by Crippen LogP contribution is -2.42. The highest BCUT2D eigenvalue weighted by Gasteiger charge is 2.36. The van der Waals surface area contributed by atoms with Crippen LogP contribution in [-0.4, -0.2) is 43.9 Å². The van der Waals surface area contributed by atoms with Crippen LogP contribution in [0.1, 0.15) is 22.3 Å². The zero-order valence-corrected chi connectivity index (χ0v) is 17.2. The Hall–Kier alpha value is -3.13. The van der Waals surface area contributed by atoms with Crippen molar-refractivity contribution in [3.05, 3.63) is 76.1 Å². The lowest BCUT2D eigenvalue weighted by Gasteiger charge is -2.28. The number of hydrogen-bond donors (Lipinski definition) is 0. The van der Waals surface area contributed by atoms with Gasteiger partial charge in [0.05, 0.1) is 18.6 Å². The van der Waals surface area contributed by atoms with Crippen LogP contribution in [0.15, 0.2) is 63.8 Å². The van der Waals surface area contributed by atoms with Crippen molar-refractivity contribution in [3.8, 4) is 5.75 Å². The van der Waals surface area contributed by atoms with Crippen LogP contribution < -0.4 is 10.4 Å². The Balaban J connectivity index is 1.74. The highest BCUT2D eigenvalue weighted by Crippen LogP contribution is 2.24. The fourth-order valence-electron chi connectivity index (χ4n) is 3.72. The third-order valence-corrected chi connectivity index (χ3v) is 7.02. The van der Waals surface area contributed by atoms with Gasteiger partial charge in [-0.25, -0.2) is 13.2 Å². The second-order valence-electron chi connectivity index (χ2n) is 7.33. The molecule has 1 aromatic heterocycles. The molecule has 30 heavy (non-hydrogen) atoms. The summed E-state index contributed by atoms with van der Waals surface area (Å²) in [6, 6.07) is 15.1. The van der Waals surface area contributed by atoms with Gasteiger partial charge in [0, 0.05) is 18.0 Å².